The molecule has 3 nitrogen and oxygen atoms in total. The molecule has 1 saturated heterocycles. The lowest BCUT2D eigenvalue weighted by atomic mass is 10.0. The maximum absolute atomic E-state index is 5.94. The van der Waals surface area contributed by atoms with Crippen LogP contribution in [0.4, 0.5) is 0 Å². The first kappa shape index (κ1) is 12.4. The topological polar surface area (TPSA) is 38.5 Å². The molecule has 0 aliphatic carbocycles. The van der Waals surface area contributed by atoms with E-state index in [1.165, 1.54) is 37.9 Å². The van der Waals surface area contributed by atoms with Gasteiger partial charge in [-0.25, -0.2) is 0 Å². The van der Waals surface area contributed by atoms with E-state index < -0.39 is 0 Å². The zero-order chi connectivity index (χ0) is 12.1. The molecule has 1 heterocycles. The summed E-state index contributed by atoms with van der Waals surface area (Å²) in [5, 5.41) is 0. The SMILES string of the molecule is COc1cccc([C@H](CN)N2CCCCC2)c1. The van der Waals surface area contributed by atoms with Gasteiger partial charge in [0.1, 0.15) is 5.75 Å². The Hall–Kier alpha value is -1.06. The van der Waals surface area contributed by atoms with Crippen LogP contribution in [0.2, 0.25) is 0 Å². The first-order valence-electron chi connectivity index (χ1n) is 6.43. The molecule has 1 fully saturated rings. The minimum Gasteiger partial charge on any atom is -0.497 e. The minimum atomic E-state index is 0.338. The first-order chi connectivity index (χ1) is 8.35. The molecule has 0 bridgehead atoms. The van der Waals surface area contributed by atoms with Gasteiger partial charge in [0, 0.05) is 12.6 Å². The second kappa shape index (κ2) is 6.03. The van der Waals surface area contributed by atoms with Crippen LogP contribution >= 0.6 is 0 Å². The van der Waals surface area contributed by atoms with Gasteiger partial charge < -0.3 is 10.5 Å². The van der Waals surface area contributed by atoms with Crippen molar-refractivity contribution in [1.29, 1.82) is 0 Å². The fraction of sp³-hybridized carbons (Fsp3) is 0.571. The van der Waals surface area contributed by atoms with Gasteiger partial charge in [-0.05, 0) is 43.6 Å². The second-order valence-electron chi connectivity index (χ2n) is 4.62. The first-order valence-corrected chi connectivity index (χ1v) is 6.43. The number of nitrogens with zero attached hydrogens (tertiary/aromatic N) is 1. The van der Waals surface area contributed by atoms with E-state index in [1.54, 1.807) is 7.11 Å². The van der Waals surface area contributed by atoms with E-state index in [9.17, 15) is 0 Å². The predicted octanol–water partition coefficient (Wildman–Crippen LogP) is 2.18. The van der Waals surface area contributed by atoms with Crippen molar-refractivity contribution >= 4 is 0 Å². The molecule has 17 heavy (non-hydrogen) atoms. The molecule has 1 atom stereocenters. The van der Waals surface area contributed by atoms with Gasteiger partial charge in [0.25, 0.3) is 0 Å². The van der Waals surface area contributed by atoms with Crippen LogP contribution in [0.5, 0.6) is 5.75 Å². The molecule has 94 valence electrons. The summed E-state index contributed by atoms with van der Waals surface area (Å²) < 4.78 is 5.28. The number of nitrogens with two attached hydrogens (primary N) is 1. The molecule has 2 rings (SSSR count). The predicted molar refractivity (Wildman–Crippen MR) is 70.2 cm³/mol. The Balaban J connectivity index is 2.15. The third-order valence-electron chi connectivity index (χ3n) is 3.53. The van der Waals surface area contributed by atoms with Crippen molar-refractivity contribution in [3.63, 3.8) is 0 Å². The Morgan fingerprint density at radius 2 is 2.06 bits per heavy atom. The lowest BCUT2D eigenvalue weighted by Gasteiger charge is -2.34. The monoisotopic (exact) mass is 234 g/mol. The number of hydrogen-bond acceptors (Lipinski definition) is 3. The zero-order valence-corrected chi connectivity index (χ0v) is 10.6. The van der Waals surface area contributed by atoms with Crippen LogP contribution in [0, 0.1) is 0 Å². The molecule has 0 spiro atoms. The van der Waals surface area contributed by atoms with E-state index in [-0.39, 0.29) is 0 Å². The maximum Gasteiger partial charge on any atom is 0.119 e. The van der Waals surface area contributed by atoms with Crippen LogP contribution in [0.1, 0.15) is 30.9 Å². The van der Waals surface area contributed by atoms with Crippen LogP contribution in [-0.4, -0.2) is 31.6 Å². The van der Waals surface area contributed by atoms with Crippen molar-refractivity contribution in [2.24, 2.45) is 5.73 Å². The van der Waals surface area contributed by atoms with Crippen LogP contribution in [-0.2, 0) is 0 Å². The van der Waals surface area contributed by atoms with Gasteiger partial charge in [0.15, 0.2) is 0 Å². The molecule has 0 radical (unpaired) electrons. The molecule has 0 unspecified atom stereocenters. The highest BCUT2D eigenvalue weighted by atomic mass is 16.5. The van der Waals surface area contributed by atoms with Crippen LogP contribution < -0.4 is 10.5 Å². The zero-order valence-electron chi connectivity index (χ0n) is 10.6. The molecule has 2 N–H and O–H groups in total. The van der Waals surface area contributed by atoms with Crippen molar-refractivity contribution in [3.8, 4) is 5.75 Å². The summed E-state index contributed by atoms with van der Waals surface area (Å²) in [6.45, 7) is 3.01. The van der Waals surface area contributed by atoms with Crippen molar-refractivity contribution in [2.45, 2.75) is 25.3 Å². The van der Waals surface area contributed by atoms with E-state index in [4.69, 9.17) is 10.5 Å². The number of benzene rings is 1. The minimum absolute atomic E-state index is 0.338. The fourth-order valence-corrected chi connectivity index (χ4v) is 2.57. The highest BCUT2D eigenvalue weighted by Gasteiger charge is 2.21. The molecule has 0 saturated carbocycles. The highest BCUT2D eigenvalue weighted by Crippen LogP contribution is 2.26. The Bertz CT molecular complexity index is 348. The Morgan fingerprint density at radius 3 is 2.71 bits per heavy atom. The maximum atomic E-state index is 5.94. The fourth-order valence-electron chi connectivity index (χ4n) is 2.57. The number of hydrogen-bond donors (Lipinski definition) is 1. The van der Waals surface area contributed by atoms with Gasteiger partial charge >= 0.3 is 0 Å². The number of rotatable bonds is 4. The van der Waals surface area contributed by atoms with E-state index in [0.29, 0.717) is 12.6 Å². The quantitative estimate of drug-likeness (QED) is 0.868. The highest BCUT2D eigenvalue weighted by molar-refractivity contribution is 5.30. The smallest absolute Gasteiger partial charge is 0.119 e. The van der Waals surface area contributed by atoms with E-state index in [1.807, 2.05) is 12.1 Å². The summed E-state index contributed by atoms with van der Waals surface area (Å²) >= 11 is 0. The number of piperidine rings is 1. The van der Waals surface area contributed by atoms with Gasteiger partial charge in [-0.15, -0.1) is 0 Å². The molecule has 3 heteroatoms. The molecule has 1 aliphatic heterocycles. The third kappa shape index (κ3) is 2.99. The van der Waals surface area contributed by atoms with Gasteiger partial charge in [-0.2, -0.15) is 0 Å². The van der Waals surface area contributed by atoms with Gasteiger partial charge in [0.2, 0.25) is 0 Å². The Kier molecular flexibility index (Phi) is 4.40. The molecule has 1 aromatic rings. The lowest BCUT2D eigenvalue weighted by Crippen LogP contribution is -2.37. The number of ether oxygens (including phenoxy) is 1. The molecular weight excluding hydrogens is 212 g/mol. The third-order valence-corrected chi connectivity index (χ3v) is 3.53. The average molecular weight is 234 g/mol. The lowest BCUT2D eigenvalue weighted by molar-refractivity contribution is 0.167. The standard InChI is InChI=1S/C14H22N2O/c1-17-13-7-5-6-12(10-13)14(11-15)16-8-3-2-4-9-16/h5-7,10,14H,2-4,8-9,11,15H2,1H3/t14-/m0/s1. The summed E-state index contributed by atoms with van der Waals surface area (Å²) in [5.41, 5.74) is 7.22. The molecule has 1 aliphatic rings. The largest absolute Gasteiger partial charge is 0.497 e. The van der Waals surface area contributed by atoms with Crippen molar-refractivity contribution in [3.05, 3.63) is 29.8 Å². The molecular formula is C14H22N2O. The Morgan fingerprint density at radius 1 is 1.29 bits per heavy atom. The number of methoxy groups -OCH3 is 1. The van der Waals surface area contributed by atoms with Crippen molar-refractivity contribution in [2.75, 3.05) is 26.7 Å². The summed E-state index contributed by atoms with van der Waals surface area (Å²) in [5.74, 6) is 0.915. The van der Waals surface area contributed by atoms with Crippen molar-refractivity contribution < 1.29 is 4.74 Å². The van der Waals surface area contributed by atoms with Crippen LogP contribution in [0.15, 0.2) is 24.3 Å². The number of likely N-dealkylation sites (tertiary alicyclic amines) is 1. The summed E-state index contributed by atoms with van der Waals surface area (Å²) in [7, 11) is 1.71. The van der Waals surface area contributed by atoms with Crippen LogP contribution in [0.25, 0.3) is 0 Å². The van der Waals surface area contributed by atoms with E-state index in [0.717, 1.165) is 5.75 Å². The summed E-state index contributed by atoms with van der Waals surface area (Å²) in [4.78, 5) is 2.50. The second-order valence-corrected chi connectivity index (χ2v) is 4.62. The summed E-state index contributed by atoms with van der Waals surface area (Å²) in [6, 6.07) is 8.61. The van der Waals surface area contributed by atoms with E-state index >= 15 is 0 Å². The summed E-state index contributed by atoms with van der Waals surface area (Å²) in [6.07, 6.45) is 3.94. The van der Waals surface area contributed by atoms with Crippen LogP contribution in [0.3, 0.4) is 0 Å². The van der Waals surface area contributed by atoms with Gasteiger partial charge in [-0.3, -0.25) is 4.90 Å². The van der Waals surface area contributed by atoms with Gasteiger partial charge in [0.05, 0.1) is 7.11 Å². The Labute approximate surface area is 104 Å². The normalized spacial score (nSPS) is 18.9. The molecule has 1 aromatic carbocycles. The molecule has 0 amide bonds. The molecule has 0 aromatic heterocycles. The average Bonchev–Trinajstić information content (AvgIpc) is 2.41. The van der Waals surface area contributed by atoms with E-state index in [2.05, 4.69) is 17.0 Å². The van der Waals surface area contributed by atoms with Crippen molar-refractivity contribution in [1.82, 2.24) is 4.90 Å². The van der Waals surface area contributed by atoms with Gasteiger partial charge in [-0.1, -0.05) is 18.6 Å².